The van der Waals surface area contributed by atoms with Gasteiger partial charge in [-0.3, -0.25) is 0 Å². The Kier molecular flexibility index (Phi) is 3.37. The number of hydrogen-bond donors (Lipinski definition) is 2. The van der Waals surface area contributed by atoms with Gasteiger partial charge in [0.2, 0.25) is 10.0 Å². The van der Waals surface area contributed by atoms with Gasteiger partial charge in [0.1, 0.15) is 0 Å². The second kappa shape index (κ2) is 4.64. The summed E-state index contributed by atoms with van der Waals surface area (Å²) < 4.78 is 25.4. The summed E-state index contributed by atoms with van der Waals surface area (Å²) in [5, 5.41) is 0. The van der Waals surface area contributed by atoms with Crippen LogP contribution >= 0.6 is 0 Å². The number of benzene rings is 1. The first-order valence-electron chi connectivity index (χ1n) is 5.57. The summed E-state index contributed by atoms with van der Waals surface area (Å²) >= 11 is 0. The van der Waals surface area contributed by atoms with E-state index in [1.165, 1.54) is 7.05 Å². The first-order valence-corrected chi connectivity index (χ1v) is 7.05. The third-order valence-electron chi connectivity index (χ3n) is 3.01. The molecule has 0 amide bonds. The average molecular weight is 255 g/mol. The molecule has 1 heterocycles. The monoisotopic (exact) mass is 255 g/mol. The molecule has 1 fully saturated rings. The van der Waals surface area contributed by atoms with Crippen molar-refractivity contribution in [1.82, 2.24) is 4.72 Å². The lowest BCUT2D eigenvalue weighted by atomic mass is 10.3. The van der Waals surface area contributed by atoms with Crippen LogP contribution < -0.4 is 15.4 Å². The van der Waals surface area contributed by atoms with E-state index < -0.39 is 10.0 Å². The fourth-order valence-corrected chi connectivity index (χ4v) is 2.71. The van der Waals surface area contributed by atoms with Crippen molar-refractivity contribution in [3.63, 3.8) is 0 Å². The van der Waals surface area contributed by atoms with E-state index in [0.717, 1.165) is 25.2 Å². The van der Waals surface area contributed by atoms with Crippen molar-refractivity contribution >= 4 is 15.7 Å². The number of sulfonamides is 1. The standard InChI is InChI=1S/C11H17N3O2S/c1-13-17(15,16)11-4-2-10(3-5-11)14-7-6-9(12)8-14/h2-5,9,13H,6-8,12H2,1H3/t9-/m0/s1. The number of nitrogens with one attached hydrogen (secondary N) is 1. The Morgan fingerprint density at radius 3 is 2.47 bits per heavy atom. The van der Waals surface area contributed by atoms with Gasteiger partial charge in [0.05, 0.1) is 4.90 Å². The Morgan fingerprint density at radius 2 is 2.00 bits per heavy atom. The van der Waals surface area contributed by atoms with Gasteiger partial charge in [-0.25, -0.2) is 13.1 Å². The van der Waals surface area contributed by atoms with Crippen LogP contribution in [0.5, 0.6) is 0 Å². The SMILES string of the molecule is CNS(=O)(=O)c1ccc(N2CC[C@H](N)C2)cc1. The summed E-state index contributed by atoms with van der Waals surface area (Å²) in [6.07, 6.45) is 0.983. The molecule has 2 rings (SSSR count). The molecule has 0 unspecified atom stereocenters. The van der Waals surface area contributed by atoms with Crippen molar-refractivity contribution < 1.29 is 8.42 Å². The van der Waals surface area contributed by atoms with Crippen molar-refractivity contribution in [1.29, 1.82) is 0 Å². The highest BCUT2D eigenvalue weighted by molar-refractivity contribution is 7.89. The Morgan fingerprint density at radius 1 is 1.35 bits per heavy atom. The van der Waals surface area contributed by atoms with Crippen molar-refractivity contribution in [3.8, 4) is 0 Å². The quantitative estimate of drug-likeness (QED) is 0.805. The maximum atomic E-state index is 11.5. The Labute approximate surface area is 102 Å². The molecule has 0 radical (unpaired) electrons. The average Bonchev–Trinajstić information content (AvgIpc) is 2.76. The molecule has 1 aliphatic heterocycles. The van der Waals surface area contributed by atoms with Crippen LogP contribution in [0.15, 0.2) is 29.2 Å². The maximum absolute atomic E-state index is 11.5. The normalized spacial score (nSPS) is 20.8. The van der Waals surface area contributed by atoms with Crippen LogP contribution in [0.4, 0.5) is 5.69 Å². The topological polar surface area (TPSA) is 75.4 Å². The van der Waals surface area contributed by atoms with Crippen LogP contribution in [0.1, 0.15) is 6.42 Å². The second-order valence-electron chi connectivity index (χ2n) is 4.20. The summed E-state index contributed by atoms with van der Waals surface area (Å²) in [5.74, 6) is 0. The highest BCUT2D eigenvalue weighted by Crippen LogP contribution is 2.21. The molecule has 1 aromatic rings. The summed E-state index contributed by atoms with van der Waals surface area (Å²) in [6.45, 7) is 1.76. The molecule has 6 heteroatoms. The summed E-state index contributed by atoms with van der Waals surface area (Å²) in [6, 6.07) is 7.09. The molecular formula is C11H17N3O2S. The van der Waals surface area contributed by atoms with E-state index in [9.17, 15) is 8.42 Å². The highest BCUT2D eigenvalue weighted by Gasteiger charge is 2.19. The maximum Gasteiger partial charge on any atom is 0.240 e. The molecule has 0 spiro atoms. The molecule has 0 bridgehead atoms. The molecule has 94 valence electrons. The lowest BCUT2D eigenvalue weighted by molar-refractivity contribution is 0.588. The van der Waals surface area contributed by atoms with E-state index in [1.807, 2.05) is 12.1 Å². The summed E-state index contributed by atoms with van der Waals surface area (Å²) in [7, 11) is -1.94. The van der Waals surface area contributed by atoms with Crippen molar-refractivity contribution in [2.75, 3.05) is 25.0 Å². The fourth-order valence-electron chi connectivity index (χ4n) is 1.98. The molecule has 1 aromatic carbocycles. The van der Waals surface area contributed by atoms with E-state index in [1.54, 1.807) is 12.1 Å². The molecule has 1 saturated heterocycles. The van der Waals surface area contributed by atoms with Crippen molar-refractivity contribution in [3.05, 3.63) is 24.3 Å². The third kappa shape index (κ3) is 2.59. The van der Waals surface area contributed by atoms with Crippen molar-refractivity contribution in [2.24, 2.45) is 5.73 Å². The molecule has 17 heavy (non-hydrogen) atoms. The first-order chi connectivity index (χ1) is 8.03. The Bertz CT molecular complexity index is 484. The van der Waals surface area contributed by atoms with Gasteiger partial charge >= 0.3 is 0 Å². The minimum absolute atomic E-state index is 0.218. The highest BCUT2D eigenvalue weighted by atomic mass is 32.2. The van der Waals surface area contributed by atoms with Crippen LogP contribution in [0.25, 0.3) is 0 Å². The van der Waals surface area contributed by atoms with Gasteiger partial charge in [-0.2, -0.15) is 0 Å². The van der Waals surface area contributed by atoms with Crippen molar-refractivity contribution in [2.45, 2.75) is 17.4 Å². The van der Waals surface area contributed by atoms with E-state index in [2.05, 4.69) is 9.62 Å². The first kappa shape index (κ1) is 12.3. The van der Waals surface area contributed by atoms with Crippen LogP contribution in [-0.2, 0) is 10.0 Å². The Hall–Kier alpha value is -1.11. The smallest absolute Gasteiger partial charge is 0.240 e. The van der Waals surface area contributed by atoms with Gasteiger partial charge in [-0.15, -0.1) is 0 Å². The van der Waals surface area contributed by atoms with E-state index >= 15 is 0 Å². The second-order valence-corrected chi connectivity index (χ2v) is 6.08. The number of rotatable bonds is 3. The van der Waals surface area contributed by atoms with E-state index in [-0.39, 0.29) is 10.9 Å². The lowest BCUT2D eigenvalue weighted by Crippen LogP contribution is -2.26. The van der Waals surface area contributed by atoms with E-state index in [4.69, 9.17) is 5.73 Å². The molecule has 0 aromatic heterocycles. The van der Waals surface area contributed by atoms with Crippen LogP contribution in [0.2, 0.25) is 0 Å². The van der Waals surface area contributed by atoms with Gasteiger partial charge < -0.3 is 10.6 Å². The van der Waals surface area contributed by atoms with Gasteiger partial charge in [-0.1, -0.05) is 0 Å². The molecular weight excluding hydrogens is 238 g/mol. The van der Waals surface area contributed by atoms with E-state index in [0.29, 0.717) is 0 Å². The zero-order valence-corrected chi connectivity index (χ0v) is 10.6. The molecule has 3 N–H and O–H groups in total. The number of nitrogens with zero attached hydrogens (tertiary/aromatic N) is 1. The summed E-state index contributed by atoms with van der Waals surface area (Å²) in [4.78, 5) is 2.45. The molecule has 1 aliphatic rings. The largest absolute Gasteiger partial charge is 0.370 e. The lowest BCUT2D eigenvalue weighted by Gasteiger charge is -2.18. The molecule has 5 nitrogen and oxygen atoms in total. The van der Waals surface area contributed by atoms with Crippen LogP contribution in [0.3, 0.4) is 0 Å². The Balaban J connectivity index is 2.19. The zero-order valence-electron chi connectivity index (χ0n) is 9.76. The predicted octanol–water partition coefficient (Wildman–Crippen LogP) is 0.132. The predicted molar refractivity (Wildman–Crippen MR) is 67.5 cm³/mol. The minimum Gasteiger partial charge on any atom is -0.370 e. The molecule has 1 atom stereocenters. The summed E-state index contributed by atoms with van der Waals surface area (Å²) in [5.41, 5.74) is 6.86. The molecule has 0 aliphatic carbocycles. The van der Waals surface area contributed by atoms with Gasteiger partial charge in [-0.05, 0) is 37.7 Å². The van der Waals surface area contributed by atoms with Crippen LogP contribution in [0, 0.1) is 0 Å². The fraction of sp³-hybridized carbons (Fsp3) is 0.455. The third-order valence-corrected chi connectivity index (χ3v) is 4.44. The number of hydrogen-bond acceptors (Lipinski definition) is 4. The van der Waals surface area contributed by atoms with Gasteiger partial charge in [0.15, 0.2) is 0 Å². The van der Waals surface area contributed by atoms with Gasteiger partial charge in [0.25, 0.3) is 0 Å². The number of nitrogens with two attached hydrogens (primary N) is 1. The van der Waals surface area contributed by atoms with Crippen LogP contribution in [-0.4, -0.2) is 34.6 Å². The van der Waals surface area contributed by atoms with Gasteiger partial charge in [0, 0.05) is 24.8 Å². The number of anilines is 1. The molecule has 0 saturated carbocycles. The zero-order chi connectivity index (χ0) is 12.5. The minimum atomic E-state index is -3.34.